The number of nitrogens with zero attached hydrogens (tertiary/aromatic N) is 2. The molecule has 0 radical (unpaired) electrons. The normalized spacial score (nSPS) is 23.6. The first-order chi connectivity index (χ1) is 11.1. The fraction of sp³-hybridized carbons (Fsp3) is 0.529. The van der Waals surface area contributed by atoms with Crippen molar-refractivity contribution in [1.29, 1.82) is 0 Å². The van der Waals surface area contributed by atoms with Gasteiger partial charge in [0.2, 0.25) is 5.91 Å². The summed E-state index contributed by atoms with van der Waals surface area (Å²) < 4.78 is 13.8. The molecule has 2 unspecified atom stereocenters. The van der Waals surface area contributed by atoms with Crippen molar-refractivity contribution in [2.24, 2.45) is 5.92 Å². The van der Waals surface area contributed by atoms with E-state index in [0.717, 1.165) is 6.42 Å². The van der Waals surface area contributed by atoms with Crippen LogP contribution in [-0.4, -0.2) is 54.5 Å². The average molecular weight is 319 g/mol. The third-order valence-electron chi connectivity index (χ3n) is 4.62. The molecule has 2 fully saturated rings. The lowest BCUT2D eigenvalue weighted by Gasteiger charge is -2.34. The molecule has 0 bridgehead atoms. The number of amides is 3. The molecule has 2 aliphatic rings. The topological polar surface area (TPSA) is 52.7 Å². The van der Waals surface area contributed by atoms with Crippen LogP contribution in [0.2, 0.25) is 0 Å². The van der Waals surface area contributed by atoms with Crippen molar-refractivity contribution in [3.8, 4) is 0 Å². The molecule has 2 atom stereocenters. The average Bonchev–Trinajstić information content (AvgIpc) is 3.35. The van der Waals surface area contributed by atoms with Crippen molar-refractivity contribution >= 4 is 11.9 Å². The van der Waals surface area contributed by atoms with Crippen molar-refractivity contribution < 1.29 is 14.0 Å². The highest BCUT2D eigenvalue weighted by Gasteiger charge is 2.47. The predicted octanol–water partition coefficient (Wildman–Crippen LogP) is 1.80. The van der Waals surface area contributed by atoms with Gasteiger partial charge < -0.3 is 15.1 Å². The third-order valence-corrected chi connectivity index (χ3v) is 4.62. The summed E-state index contributed by atoms with van der Waals surface area (Å²) in [5.41, 5.74) is 0.645. The minimum absolute atomic E-state index is 0.00474. The zero-order valence-electron chi connectivity index (χ0n) is 13.3. The monoisotopic (exact) mass is 319 g/mol. The number of benzene rings is 1. The van der Waals surface area contributed by atoms with Crippen molar-refractivity contribution in [1.82, 2.24) is 15.1 Å². The Morgan fingerprint density at radius 3 is 2.48 bits per heavy atom. The second-order valence-electron chi connectivity index (χ2n) is 6.12. The Bertz CT molecular complexity index is 599. The molecule has 6 heteroatoms. The summed E-state index contributed by atoms with van der Waals surface area (Å²) >= 11 is 0. The van der Waals surface area contributed by atoms with Crippen LogP contribution in [0.4, 0.5) is 9.18 Å². The molecule has 1 heterocycles. The van der Waals surface area contributed by atoms with Crippen LogP contribution in [0.5, 0.6) is 0 Å². The number of urea groups is 1. The lowest BCUT2D eigenvalue weighted by molar-refractivity contribution is -0.134. The Labute approximate surface area is 135 Å². The van der Waals surface area contributed by atoms with Crippen LogP contribution >= 0.6 is 0 Å². The Morgan fingerprint density at radius 2 is 1.83 bits per heavy atom. The zero-order valence-corrected chi connectivity index (χ0v) is 13.3. The summed E-state index contributed by atoms with van der Waals surface area (Å²) in [5, 5.41) is 2.77. The van der Waals surface area contributed by atoms with E-state index < -0.39 is 0 Å². The number of rotatable bonds is 3. The van der Waals surface area contributed by atoms with Gasteiger partial charge in [-0.15, -0.1) is 0 Å². The van der Waals surface area contributed by atoms with E-state index in [4.69, 9.17) is 0 Å². The number of carbonyl (C=O) groups excluding carboxylic acids is 2. The fourth-order valence-corrected chi connectivity index (χ4v) is 3.21. The summed E-state index contributed by atoms with van der Waals surface area (Å²) in [6, 6.07) is 6.61. The molecular formula is C17H22FN3O2. The number of hydrogen-bond acceptors (Lipinski definition) is 2. The van der Waals surface area contributed by atoms with Crippen molar-refractivity contribution in [2.45, 2.75) is 19.3 Å². The molecule has 124 valence electrons. The SMILES string of the molecule is CCNC(=O)N1CCN(C(=O)C2CC2c2ccccc2F)CC1. The Balaban J connectivity index is 1.53. The van der Waals surface area contributed by atoms with E-state index in [9.17, 15) is 14.0 Å². The molecule has 3 rings (SSSR count). The van der Waals surface area contributed by atoms with Crippen molar-refractivity contribution in [2.75, 3.05) is 32.7 Å². The van der Waals surface area contributed by atoms with E-state index >= 15 is 0 Å². The van der Waals surface area contributed by atoms with Crippen LogP contribution in [0.15, 0.2) is 24.3 Å². The quantitative estimate of drug-likeness (QED) is 0.924. The van der Waals surface area contributed by atoms with E-state index in [0.29, 0.717) is 38.3 Å². The largest absolute Gasteiger partial charge is 0.339 e. The molecular weight excluding hydrogens is 297 g/mol. The maximum Gasteiger partial charge on any atom is 0.317 e. The molecule has 1 saturated heterocycles. The van der Waals surface area contributed by atoms with Crippen LogP contribution in [0.1, 0.15) is 24.8 Å². The minimum atomic E-state index is -0.228. The Kier molecular flexibility index (Phi) is 4.50. The molecule has 23 heavy (non-hydrogen) atoms. The zero-order chi connectivity index (χ0) is 16.4. The van der Waals surface area contributed by atoms with Gasteiger partial charge in [-0.05, 0) is 30.9 Å². The highest BCUT2D eigenvalue weighted by Crippen LogP contribution is 2.49. The van der Waals surface area contributed by atoms with Crippen LogP contribution in [0, 0.1) is 11.7 Å². The second-order valence-corrected chi connectivity index (χ2v) is 6.12. The maximum absolute atomic E-state index is 13.8. The van der Waals surface area contributed by atoms with Gasteiger partial charge in [-0.3, -0.25) is 4.79 Å². The first-order valence-electron chi connectivity index (χ1n) is 8.17. The van der Waals surface area contributed by atoms with E-state index in [1.165, 1.54) is 6.07 Å². The van der Waals surface area contributed by atoms with Crippen LogP contribution < -0.4 is 5.32 Å². The highest BCUT2D eigenvalue weighted by atomic mass is 19.1. The molecule has 3 amide bonds. The van der Waals surface area contributed by atoms with Gasteiger partial charge in [0.15, 0.2) is 0 Å². The summed E-state index contributed by atoms with van der Waals surface area (Å²) in [7, 11) is 0. The second kappa shape index (κ2) is 6.56. The maximum atomic E-state index is 13.8. The molecule has 1 aromatic rings. The first kappa shape index (κ1) is 15.8. The molecule has 1 N–H and O–H groups in total. The Morgan fingerprint density at radius 1 is 1.17 bits per heavy atom. The smallest absolute Gasteiger partial charge is 0.317 e. The minimum Gasteiger partial charge on any atom is -0.339 e. The van der Waals surface area contributed by atoms with E-state index in [-0.39, 0.29) is 29.6 Å². The van der Waals surface area contributed by atoms with E-state index in [1.807, 2.05) is 13.0 Å². The summed E-state index contributed by atoms with van der Waals surface area (Å²) in [6.45, 7) is 4.69. The fourth-order valence-electron chi connectivity index (χ4n) is 3.21. The molecule has 1 aromatic carbocycles. The van der Waals surface area contributed by atoms with Gasteiger partial charge in [0.1, 0.15) is 5.82 Å². The van der Waals surface area contributed by atoms with Gasteiger partial charge in [-0.1, -0.05) is 18.2 Å². The summed E-state index contributed by atoms with van der Waals surface area (Å²) in [5.74, 6) is -0.240. The first-order valence-corrected chi connectivity index (χ1v) is 8.17. The lowest BCUT2D eigenvalue weighted by Crippen LogP contribution is -2.53. The molecule has 1 aliphatic carbocycles. The van der Waals surface area contributed by atoms with Crippen LogP contribution in [-0.2, 0) is 4.79 Å². The Hall–Kier alpha value is -2.11. The van der Waals surface area contributed by atoms with Gasteiger partial charge in [0.25, 0.3) is 0 Å². The number of piperazine rings is 1. The number of hydrogen-bond donors (Lipinski definition) is 1. The number of halogens is 1. The summed E-state index contributed by atoms with van der Waals surface area (Å²) in [6.07, 6.45) is 0.719. The number of nitrogens with one attached hydrogen (secondary N) is 1. The van der Waals surface area contributed by atoms with Crippen molar-refractivity contribution in [3.63, 3.8) is 0 Å². The van der Waals surface area contributed by atoms with Gasteiger partial charge in [-0.25, -0.2) is 9.18 Å². The molecule has 0 spiro atoms. The van der Waals surface area contributed by atoms with Crippen LogP contribution in [0.3, 0.4) is 0 Å². The van der Waals surface area contributed by atoms with E-state index in [1.54, 1.807) is 21.9 Å². The molecule has 5 nitrogen and oxygen atoms in total. The van der Waals surface area contributed by atoms with Gasteiger partial charge in [0, 0.05) is 38.6 Å². The molecule has 1 aliphatic heterocycles. The van der Waals surface area contributed by atoms with E-state index in [2.05, 4.69) is 5.32 Å². The molecule has 1 saturated carbocycles. The van der Waals surface area contributed by atoms with Gasteiger partial charge >= 0.3 is 6.03 Å². The lowest BCUT2D eigenvalue weighted by atomic mass is 10.1. The number of carbonyl (C=O) groups is 2. The summed E-state index contributed by atoms with van der Waals surface area (Å²) in [4.78, 5) is 27.8. The standard InChI is InChI=1S/C17H22FN3O2/c1-2-19-17(23)21-9-7-20(8-10-21)16(22)14-11-13(14)12-5-3-4-6-15(12)18/h3-6,13-14H,2,7-11H2,1H3,(H,19,23). The molecule has 0 aromatic heterocycles. The highest BCUT2D eigenvalue weighted by molar-refractivity contribution is 5.83. The predicted molar refractivity (Wildman–Crippen MR) is 84.5 cm³/mol. The third kappa shape index (κ3) is 3.30. The van der Waals surface area contributed by atoms with Gasteiger partial charge in [0.05, 0.1) is 0 Å². The van der Waals surface area contributed by atoms with Crippen LogP contribution in [0.25, 0.3) is 0 Å². The van der Waals surface area contributed by atoms with Crippen molar-refractivity contribution in [3.05, 3.63) is 35.6 Å². The van der Waals surface area contributed by atoms with Gasteiger partial charge in [-0.2, -0.15) is 0 Å².